The van der Waals surface area contributed by atoms with Gasteiger partial charge in [-0.1, -0.05) is 0 Å². The van der Waals surface area contributed by atoms with Crippen molar-refractivity contribution in [3.63, 3.8) is 0 Å². The van der Waals surface area contributed by atoms with Crippen LogP contribution in [-0.4, -0.2) is 32.2 Å². The molecule has 0 aliphatic rings. The van der Waals surface area contributed by atoms with Crippen LogP contribution < -0.4 is 10.9 Å². The maximum absolute atomic E-state index is 11.9. The Balaban J connectivity index is 1.90. The number of amides is 1. The molecular formula is C14H19N5O2. The molecule has 0 saturated heterocycles. The van der Waals surface area contributed by atoms with Gasteiger partial charge in [-0.15, -0.1) is 0 Å². The lowest BCUT2D eigenvalue weighted by atomic mass is 10.3. The van der Waals surface area contributed by atoms with Gasteiger partial charge in [-0.05, 0) is 26.8 Å². The highest BCUT2D eigenvalue weighted by Gasteiger charge is 2.10. The summed E-state index contributed by atoms with van der Waals surface area (Å²) in [6, 6.07) is 3.33. The number of rotatable bonds is 5. The van der Waals surface area contributed by atoms with E-state index in [1.54, 1.807) is 23.9 Å². The molecule has 2 heterocycles. The zero-order valence-corrected chi connectivity index (χ0v) is 12.4. The van der Waals surface area contributed by atoms with Crippen molar-refractivity contribution in [2.75, 3.05) is 6.54 Å². The summed E-state index contributed by atoms with van der Waals surface area (Å²) >= 11 is 0. The SMILES string of the molecule is Cc1cc(=O)[nH]c(CCNC(=O)c2ccn(C(C)C)n2)n1. The number of carbonyl (C=O) groups excluding carboxylic acids is 1. The molecule has 2 N–H and O–H groups in total. The van der Waals surface area contributed by atoms with Crippen molar-refractivity contribution in [2.45, 2.75) is 33.2 Å². The van der Waals surface area contributed by atoms with E-state index in [4.69, 9.17) is 0 Å². The third kappa shape index (κ3) is 4.01. The predicted molar refractivity (Wildman–Crippen MR) is 78.2 cm³/mol. The summed E-state index contributed by atoms with van der Waals surface area (Å²) in [5.74, 6) is 0.331. The number of aromatic nitrogens is 4. The van der Waals surface area contributed by atoms with Crippen LogP contribution in [0.2, 0.25) is 0 Å². The second-order valence-electron chi connectivity index (χ2n) is 5.11. The molecule has 0 radical (unpaired) electrons. The highest BCUT2D eigenvalue weighted by molar-refractivity contribution is 5.92. The number of H-pyrrole nitrogens is 1. The van der Waals surface area contributed by atoms with Gasteiger partial charge in [0.15, 0.2) is 0 Å². The molecule has 112 valence electrons. The molecule has 0 aliphatic carbocycles. The average molecular weight is 289 g/mol. The van der Waals surface area contributed by atoms with E-state index in [0.29, 0.717) is 30.2 Å². The summed E-state index contributed by atoms with van der Waals surface area (Å²) in [5.41, 5.74) is 0.865. The number of hydrogen-bond acceptors (Lipinski definition) is 4. The molecule has 0 aromatic carbocycles. The summed E-state index contributed by atoms with van der Waals surface area (Å²) in [5, 5.41) is 6.96. The Morgan fingerprint density at radius 3 is 2.86 bits per heavy atom. The first-order valence-corrected chi connectivity index (χ1v) is 6.86. The lowest BCUT2D eigenvalue weighted by Gasteiger charge is -2.05. The van der Waals surface area contributed by atoms with Crippen molar-refractivity contribution < 1.29 is 4.79 Å². The minimum Gasteiger partial charge on any atom is -0.350 e. The molecular weight excluding hydrogens is 270 g/mol. The van der Waals surface area contributed by atoms with E-state index in [2.05, 4.69) is 20.4 Å². The van der Waals surface area contributed by atoms with Crippen LogP contribution in [0.4, 0.5) is 0 Å². The number of carbonyl (C=O) groups is 1. The standard InChI is InChI=1S/C14H19N5O2/c1-9(2)19-7-5-11(18-19)14(21)15-6-4-12-16-10(3)8-13(20)17-12/h5,7-9H,4,6H2,1-3H3,(H,15,21)(H,16,17,20). The number of nitrogens with zero attached hydrogens (tertiary/aromatic N) is 3. The highest BCUT2D eigenvalue weighted by atomic mass is 16.2. The van der Waals surface area contributed by atoms with E-state index in [1.165, 1.54) is 6.07 Å². The highest BCUT2D eigenvalue weighted by Crippen LogP contribution is 2.03. The first kappa shape index (κ1) is 15.0. The second kappa shape index (κ2) is 6.34. The molecule has 2 aromatic rings. The Bertz CT molecular complexity index is 687. The maximum atomic E-state index is 11.9. The third-order valence-electron chi connectivity index (χ3n) is 2.94. The maximum Gasteiger partial charge on any atom is 0.271 e. The Morgan fingerprint density at radius 1 is 1.48 bits per heavy atom. The van der Waals surface area contributed by atoms with Crippen molar-refractivity contribution >= 4 is 5.91 Å². The minimum atomic E-state index is -0.232. The van der Waals surface area contributed by atoms with E-state index < -0.39 is 0 Å². The Hall–Kier alpha value is -2.44. The average Bonchev–Trinajstić information content (AvgIpc) is 2.87. The largest absolute Gasteiger partial charge is 0.350 e. The van der Waals surface area contributed by atoms with E-state index >= 15 is 0 Å². The van der Waals surface area contributed by atoms with Gasteiger partial charge in [0.1, 0.15) is 11.5 Å². The molecule has 7 heteroatoms. The lowest BCUT2D eigenvalue weighted by molar-refractivity contribution is 0.0948. The molecule has 2 rings (SSSR count). The summed E-state index contributed by atoms with van der Waals surface area (Å²) in [6.07, 6.45) is 2.24. The Labute approximate surface area is 122 Å². The number of aromatic amines is 1. The zero-order valence-electron chi connectivity index (χ0n) is 12.4. The van der Waals surface area contributed by atoms with Gasteiger partial charge in [0.25, 0.3) is 11.5 Å². The second-order valence-corrected chi connectivity index (χ2v) is 5.11. The van der Waals surface area contributed by atoms with Crippen molar-refractivity contribution in [3.8, 4) is 0 Å². The number of hydrogen-bond donors (Lipinski definition) is 2. The summed E-state index contributed by atoms with van der Waals surface area (Å²) in [4.78, 5) is 30.1. The van der Waals surface area contributed by atoms with E-state index in [1.807, 2.05) is 13.8 Å². The first-order valence-electron chi connectivity index (χ1n) is 6.86. The summed E-state index contributed by atoms with van der Waals surface area (Å²) in [6.45, 7) is 6.14. The topological polar surface area (TPSA) is 92.7 Å². The van der Waals surface area contributed by atoms with Gasteiger partial charge < -0.3 is 10.3 Å². The van der Waals surface area contributed by atoms with Crippen molar-refractivity contribution in [1.82, 2.24) is 25.1 Å². The molecule has 21 heavy (non-hydrogen) atoms. The fourth-order valence-corrected chi connectivity index (χ4v) is 1.89. The fraction of sp³-hybridized carbons (Fsp3) is 0.429. The predicted octanol–water partition coefficient (Wildman–Crippen LogP) is 0.828. The van der Waals surface area contributed by atoms with Gasteiger partial charge in [0.05, 0.1) is 0 Å². The van der Waals surface area contributed by atoms with Gasteiger partial charge in [-0.2, -0.15) is 5.10 Å². The van der Waals surface area contributed by atoms with Gasteiger partial charge in [0.2, 0.25) is 0 Å². The van der Waals surface area contributed by atoms with Crippen LogP contribution in [0.5, 0.6) is 0 Å². The minimum absolute atomic E-state index is 0.181. The van der Waals surface area contributed by atoms with Crippen LogP contribution in [0.1, 0.15) is 41.9 Å². The van der Waals surface area contributed by atoms with Gasteiger partial charge in [-0.3, -0.25) is 14.3 Å². The van der Waals surface area contributed by atoms with Crippen molar-refractivity contribution in [2.24, 2.45) is 0 Å². The quantitative estimate of drug-likeness (QED) is 0.852. The summed E-state index contributed by atoms with van der Waals surface area (Å²) in [7, 11) is 0. The molecule has 2 aromatic heterocycles. The molecule has 0 unspecified atom stereocenters. The van der Waals surface area contributed by atoms with E-state index in [0.717, 1.165) is 0 Å². The van der Waals surface area contributed by atoms with Crippen molar-refractivity contribution in [3.05, 3.63) is 45.9 Å². The van der Waals surface area contributed by atoms with Crippen LogP contribution in [-0.2, 0) is 6.42 Å². The van der Waals surface area contributed by atoms with Gasteiger partial charge in [-0.25, -0.2) is 4.98 Å². The zero-order chi connectivity index (χ0) is 15.4. The first-order chi connectivity index (χ1) is 9.95. The molecule has 0 bridgehead atoms. The molecule has 0 saturated carbocycles. The van der Waals surface area contributed by atoms with E-state index in [9.17, 15) is 9.59 Å². The van der Waals surface area contributed by atoms with E-state index in [-0.39, 0.29) is 17.5 Å². The Kier molecular flexibility index (Phi) is 4.52. The molecule has 0 atom stereocenters. The number of nitrogens with one attached hydrogen (secondary N) is 2. The van der Waals surface area contributed by atoms with Gasteiger partial charge >= 0.3 is 0 Å². The van der Waals surface area contributed by atoms with Gasteiger partial charge in [0, 0.05) is 37.0 Å². The fourth-order valence-electron chi connectivity index (χ4n) is 1.89. The smallest absolute Gasteiger partial charge is 0.271 e. The number of aryl methyl sites for hydroxylation is 1. The van der Waals surface area contributed by atoms with Crippen LogP contribution in [0.25, 0.3) is 0 Å². The van der Waals surface area contributed by atoms with Crippen molar-refractivity contribution in [1.29, 1.82) is 0 Å². The lowest BCUT2D eigenvalue weighted by Crippen LogP contribution is -2.27. The summed E-state index contributed by atoms with van der Waals surface area (Å²) < 4.78 is 1.73. The third-order valence-corrected chi connectivity index (χ3v) is 2.94. The molecule has 7 nitrogen and oxygen atoms in total. The Morgan fingerprint density at radius 2 is 2.24 bits per heavy atom. The normalized spacial score (nSPS) is 10.9. The van der Waals surface area contributed by atoms with Crippen LogP contribution in [0, 0.1) is 6.92 Å². The van der Waals surface area contributed by atoms with Crippen LogP contribution >= 0.6 is 0 Å². The molecule has 1 amide bonds. The monoisotopic (exact) mass is 289 g/mol. The van der Waals surface area contributed by atoms with Crippen LogP contribution in [0.3, 0.4) is 0 Å². The van der Waals surface area contributed by atoms with Crippen LogP contribution in [0.15, 0.2) is 23.1 Å². The molecule has 0 fully saturated rings. The molecule has 0 aliphatic heterocycles. The molecule has 0 spiro atoms.